The quantitative estimate of drug-likeness (QED) is 0.525. The molecule has 0 aromatic heterocycles. The van der Waals surface area contributed by atoms with Crippen molar-refractivity contribution in [1.29, 1.82) is 0 Å². The summed E-state index contributed by atoms with van der Waals surface area (Å²) in [4.78, 5) is 10.7. The Morgan fingerprint density at radius 3 is 2.73 bits per heavy atom. The van der Waals surface area contributed by atoms with Crippen LogP contribution < -0.4 is 10.6 Å². The van der Waals surface area contributed by atoms with E-state index in [1.54, 1.807) is 14.2 Å². The van der Waals surface area contributed by atoms with Crippen molar-refractivity contribution < 1.29 is 9.53 Å². The number of carbonyl (C=O) groups excluding carboxylic acids is 1. The van der Waals surface area contributed by atoms with Crippen LogP contribution in [0.3, 0.4) is 0 Å². The van der Waals surface area contributed by atoms with Gasteiger partial charge < -0.3 is 15.4 Å². The number of amides is 2. The highest BCUT2D eigenvalue weighted by molar-refractivity contribution is 7.80. The fraction of sp³-hybridized carbons (Fsp3) is 0.833. The SMILES string of the molecule is CNC(=O)N[C@H](CS)COC. The number of rotatable bonds is 4. The van der Waals surface area contributed by atoms with Gasteiger partial charge in [0.05, 0.1) is 12.6 Å². The van der Waals surface area contributed by atoms with Crippen LogP contribution in [0.5, 0.6) is 0 Å². The Balaban J connectivity index is 3.58. The minimum atomic E-state index is -0.207. The number of carbonyl (C=O) groups is 1. The number of hydrogen-bond donors (Lipinski definition) is 3. The Hall–Kier alpha value is -0.420. The third-order valence-electron chi connectivity index (χ3n) is 1.15. The topological polar surface area (TPSA) is 50.4 Å². The molecule has 0 unspecified atom stereocenters. The van der Waals surface area contributed by atoms with Crippen LogP contribution in [0.15, 0.2) is 0 Å². The van der Waals surface area contributed by atoms with E-state index >= 15 is 0 Å². The molecule has 0 spiro atoms. The summed E-state index contributed by atoms with van der Waals surface area (Å²) < 4.78 is 4.85. The van der Waals surface area contributed by atoms with Crippen molar-refractivity contribution in [2.75, 3.05) is 26.5 Å². The summed E-state index contributed by atoms with van der Waals surface area (Å²) in [5.74, 6) is 0.571. The minimum absolute atomic E-state index is 0.0247. The van der Waals surface area contributed by atoms with E-state index in [0.29, 0.717) is 12.4 Å². The summed E-state index contributed by atoms with van der Waals surface area (Å²) in [6, 6.07) is -0.232. The molecule has 66 valence electrons. The van der Waals surface area contributed by atoms with E-state index in [2.05, 4.69) is 23.3 Å². The normalized spacial score (nSPS) is 12.3. The molecule has 0 aliphatic heterocycles. The van der Waals surface area contributed by atoms with Gasteiger partial charge in [-0.2, -0.15) is 12.6 Å². The third kappa shape index (κ3) is 4.92. The van der Waals surface area contributed by atoms with Crippen LogP contribution in [0.4, 0.5) is 4.79 Å². The first-order chi connectivity index (χ1) is 5.24. The molecule has 1 atom stereocenters. The first-order valence-electron chi connectivity index (χ1n) is 3.32. The first-order valence-corrected chi connectivity index (χ1v) is 3.95. The lowest BCUT2D eigenvalue weighted by Crippen LogP contribution is -2.43. The number of urea groups is 1. The molecule has 11 heavy (non-hydrogen) atoms. The van der Waals surface area contributed by atoms with Gasteiger partial charge in [-0.25, -0.2) is 4.79 Å². The van der Waals surface area contributed by atoms with E-state index in [4.69, 9.17) is 4.74 Å². The predicted molar refractivity (Wildman–Crippen MR) is 47.1 cm³/mol. The van der Waals surface area contributed by atoms with Gasteiger partial charge in [-0.1, -0.05) is 0 Å². The molecular weight excluding hydrogens is 164 g/mol. The molecule has 0 aliphatic rings. The predicted octanol–water partition coefficient (Wildman–Crippen LogP) is -0.140. The molecule has 4 nitrogen and oxygen atoms in total. The Morgan fingerprint density at radius 2 is 2.36 bits per heavy atom. The largest absolute Gasteiger partial charge is 0.383 e. The second-order valence-corrected chi connectivity index (χ2v) is 2.42. The lowest BCUT2D eigenvalue weighted by atomic mass is 10.4. The number of ether oxygens (including phenoxy) is 1. The zero-order chi connectivity index (χ0) is 8.69. The van der Waals surface area contributed by atoms with E-state index in [1.807, 2.05) is 0 Å². The maximum atomic E-state index is 10.7. The van der Waals surface area contributed by atoms with Crippen molar-refractivity contribution >= 4 is 18.7 Å². The summed E-state index contributed by atoms with van der Waals surface area (Å²) in [6.45, 7) is 0.483. The number of methoxy groups -OCH3 is 1. The Labute approximate surface area is 72.1 Å². The van der Waals surface area contributed by atoms with E-state index in [1.165, 1.54) is 0 Å². The van der Waals surface area contributed by atoms with E-state index in [0.717, 1.165) is 0 Å². The highest BCUT2D eigenvalue weighted by Crippen LogP contribution is 1.87. The Morgan fingerprint density at radius 1 is 1.73 bits per heavy atom. The summed E-state index contributed by atoms with van der Waals surface area (Å²) in [5.41, 5.74) is 0. The van der Waals surface area contributed by atoms with Crippen LogP contribution in [-0.2, 0) is 4.74 Å². The molecule has 5 heteroatoms. The summed E-state index contributed by atoms with van der Waals surface area (Å²) >= 11 is 4.04. The average Bonchev–Trinajstić information content (AvgIpc) is 2.03. The van der Waals surface area contributed by atoms with Crippen molar-refractivity contribution in [2.45, 2.75) is 6.04 Å². The molecule has 0 radical (unpaired) electrons. The van der Waals surface area contributed by atoms with E-state index in [9.17, 15) is 4.79 Å². The molecule has 0 aromatic carbocycles. The fourth-order valence-electron chi connectivity index (χ4n) is 0.599. The molecule has 0 saturated heterocycles. The molecule has 2 amide bonds. The van der Waals surface area contributed by atoms with Gasteiger partial charge in [-0.05, 0) is 0 Å². The smallest absolute Gasteiger partial charge is 0.314 e. The number of thiol groups is 1. The van der Waals surface area contributed by atoms with Gasteiger partial charge in [-0.15, -0.1) is 0 Å². The fourth-order valence-corrected chi connectivity index (χ4v) is 0.795. The average molecular weight is 178 g/mol. The van der Waals surface area contributed by atoms with Crippen LogP contribution in [0.1, 0.15) is 0 Å². The molecule has 2 N–H and O–H groups in total. The molecule has 0 bridgehead atoms. The van der Waals surface area contributed by atoms with Crippen molar-refractivity contribution in [3.8, 4) is 0 Å². The Bertz CT molecular complexity index is 121. The van der Waals surface area contributed by atoms with Crippen LogP contribution in [0.2, 0.25) is 0 Å². The van der Waals surface area contributed by atoms with Gasteiger partial charge in [-0.3, -0.25) is 0 Å². The van der Waals surface area contributed by atoms with Gasteiger partial charge in [0.2, 0.25) is 0 Å². The molecule has 0 heterocycles. The Kier molecular flexibility index (Phi) is 6.06. The highest BCUT2D eigenvalue weighted by Gasteiger charge is 2.07. The summed E-state index contributed by atoms with van der Waals surface area (Å²) in [6.07, 6.45) is 0. The zero-order valence-corrected chi connectivity index (χ0v) is 7.65. The number of hydrogen-bond acceptors (Lipinski definition) is 3. The standard InChI is InChI=1S/C6H14N2O2S/c1-7-6(9)8-5(4-11)3-10-2/h5,11H,3-4H2,1-2H3,(H2,7,8,9)/t5-/m0/s1. The van der Waals surface area contributed by atoms with Crippen LogP contribution in [-0.4, -0.2) is 38.6 Å². The molecule has 0 aliphatic carbocycles. The third-order valence-corrected chi connectivity index (χ3v) is 1.59. The van der Waals surface area contributed by atoms with Gasteiger partial charge in [0.1, 0.15) is 0 Å². The summed E-state index contributed by atoms with van der Waals surface area (Å²) in [5, 5.41) is 5.11. The van der Waals surface area contributed by atoms with Crippen LogP contribution in [0.25, 0.3) is 0 Å². The molecular formula is C6H14N2O2S. The monoisotopic (exact) mass is 178 g/mol. The molecule has 0 rings (SSSR count). The van der Waals surface area contributed by atoms with Crippen LogP contribution in [0, 0.1) is 0 Å². The summed E-state index contributed by atoms with van der Waals surface area (Å²) in [7, 11) is 3.15. The van der Waals surface area contributed by atoms with Gasteiger partial charge in [0.15, 0.2) is 0 Å². The highest BCUT2D eigenvalue weighted by atomic mass is 32.1. The van der Waals surface area contributed by atoms with Crippen molar-refractivity contribution in [2.24, 2.45) is 0 Å². The lowest BCUT2D eigenvalue weighted by molar-refractivity contribution is 0.172. The second kappa shape index (κ2) is 6.30. The first kappa shape index (κ1) is 10.6. The van der Waals surface area contributed by atoms with Gasteiger partial charge in [0.25, 0.3) is 0 Å². The lowest BCUT2D eigenvalue weighted by Gasteiger charge is -2.14. The van der Waals surface area contributed by atoms with E-state index < -0.39 is 0 Å². The van der Waals surface area contributed by atoms with Gasteiger partial charge in [0, 0.05) is 19.9 Å². The van der Waals surface area contributed by atoms with Crippen molar-refractivity contribution in [1.82, 2.24) is 10.6 Å². The van der Waals surface area contributed by atoms with Crippen molar-refractivity contribution in [3.05, 3.63) is 0 Å². The van der Waals surface area contributed by atoms with Crippen molar-refractivity contribution in [3.63, 3.8) is 0 Å². The van der Waals surface area contributed by atoms with Gasteiger partial charge >= 0.3 is 6.03 Å². The van der Waals surface area contributed by atoms with Crippen LogP contribution >= 0.6 is 12.6 Å². The zero-order valence-electron chi connectivity index (χ0n) is 6.76. The number of nitrogens with one attached hydrogen (secondary N) is 2. The minimum Gasteiger partial charge on any atom is -0.383 e. The second-order valence-electron chi connectivity index (χ2n) is 2.06. The molecule has 0 fully saturated rings. The maximum Gasteiger partial charge on any atom is 0.314 e. The molecule has 0 aromatic rings. The maximum absolute atomic E-state index is 10.7. The van der Waals surface area contributed by atoms with E-state index in [-0.39, 0.29) is 12.1 Å². The molecule has 0 saturated carbocycles.